The summed E-state index contributed by atoms with van der Waals surface area (Å²) in [7, 11) is 1.71. The molecule has 5 heteroatoms. The smallest absolute Gasteiger partial charge is 0.147 e. The van der Waals surface area contributed by atoms with Gasteiger partial charge in [0.15, 0.2) is 0 Å². The third-order valence-electron chi connectivity index (χ3n) is 3.38. The Bertz CT molecular complexity index is 583. The standard InChI is InChI=1S/C16H23ClN2O2/c1-4-10-21-14-7-5-6-13-16(14)18-15(8-9-17)19(13)12(2)11-20-3/h5-7,12H,4,8-11H2,1-3H3. The molecule has 0 saturated carbocycles. The molecule has 0 bridgehead atoms. The van der Waals surface area contributed by atoms with Crippen molar-refractivity contribution in [2.24, 2.45) is 0 Å². The predicted octanol–water partition coefficient (Wildman–Crippen LogP) is 3.81. The van der Waals surface area contributed by atoms with E-state index in [0.717, 1.165) is 35.4 Å². The van der Waals surface area contributed by atoms with Crippen LogP contribution in [0.4, 0.5) is 0 Å². The third kappa shape index (κ3) is 3.50. The Morgan fingerprint density at radius 2 is 2.19 bits per heavy atom. The van der Waals surface area contributed by atoms with Crippen LogP contribution in [-0.4, -0.2) is 35.8 Å². The maximum atomic E-state index is 5.92. The summed E-state index contributed by atoms with van der Waals surface area (Å²) in [6.07, 6.45) is 1.71. The number of hydrogen-bond acceptors (Lipinski definition) is 3. The van der Waals surface area contributed by atoms with Gasteiger partial charge in [-0.05, 0) is 25.5 Å². The van der Waals surface area contributed by atoms with Crippen molar-refractivity contribution in [2.45, 2.75) is 32.7 Å². The lowest BCUT2D eigenvalue weighted by Gasteiger charge is -2.16. The van der Waals surface area contributed by atoms with Gasteiger partial charge >= 0.3 is 0 Å². The van der Waals surface area contributed by atoms with E-state index in [-0.39, 0.29) is 6.04 Å². The maximum absolute atomic E-state index is 5.92. The average Bonchev–Trinajstić information content (AvgIpc) is 2.84. The summed E-state index contributed by atoms with van der Waals surface area (Å²) in [5, 5.41) is 0. The number of para-hydroxylation sites is 1. The lowest BCUT2D eigenvalue weighted by atomic mass is 10.2. The number of aromatic nitrogens is 2. The minimum Gasteiger partial charge on any atom is -0.491 e. The quantitative estimate of drug-likeness (QED) is 0.696. The third-order valence-corrected chi connectivity index (χ3v) is 3.57. The summed E-state index contributed by atoms with van der Waals surface area (Å²) in [5.41, 5.74) is 1.99. The number of rotatable bonds is 8. The fourth-order valence-electron chi connectivity index (χ4n) is 2.54. The minimum atomic E-state index is 0.208. The monoisotopic (exact) mass is 310 g/mol. The molecule has 0 fully saturated rings. The fourth-order valence-corrected chi connectivity index (χ4v) is 2.71. The molecule has 0 radical (unpaired) electrons. The fraction of sp³-hybridized carbons (Fsp3) is 0.562. The molecule has 2 aromatic rings. The number of halogens is 1. The van der Waals surface area contributed by atoms with Crippen LogP contribution in [0.5, 0.6) is 5.75 Å². The Kier molecular flexibility index (Phi) is 5.88. The first-order chi connectivity index (χ1) is 10.2. The van der Waals surface area contributed by atoms with Crippen molar-refractivity contribution in [1.29, 1.82) is 0 Å². The second-order valence-corrected chi connectivity index (χ2v) is 5.49. The van der Waals surface area contributed by atoms with Crippen LogP contribution in [0.3, 0.4) is 0 Å². The lowest BCUT2D eigenvalue weighted by molar-refractivity contribution is 0.162. The molecule has 4 nitrogen and oxygen atoms in total. The first kappa shape index (κ1) is 16.1. The van der Waals surface area contributed by atoms with Gasteiger partial charge in [-0.2, -0.15) is 0 Å². The number of benzene rings is 1. The van der Waals surface area contributed by atoms with Gasteiger partial charge < -0.3 is 14.0 Å². The molecule has 0 aliphatic rings. The Morgan fingerprint density at radius 3 is 2.86 bits per heavy atom. The molecule has 0 amide bonds. The number of imidazole rings is 1. The van der Waals surface area contributed by atoms with Crippen LogP contribution < -0.4 is 4.74 Å². The van der Waals surface area contributed by atoms with Crippen molar-refractivity contribution in [1.82, 2.24) is 9.55 Å². The molecule has 1 unspecified atom stereocenters. The number of aryl methyl sites for hydroxylation is 1. The van der Waals surface area contributed by atoms with Gasteiger partial charge in [0.2, 0.25) is 0 Å². The molecular formula is C16H23ClN2O2. The van der Waals surface area contributed by atoms with Crippen LogP contribution in [0.15, 0.2) is 18.2 Å². The van der Waals surface area contributed by atoms with Crippen LogP contribution in [-0.2, 0) is 11.2 Å². The molecule has 0 spiro atoms. The van der Waals surface area contributed by atoms with Crippen LogP contribution in [0.25, 0.3) is 11.0 Å². The molecule has 1 atom stereocenters. The number of methoxy groups -OCH3 is 1. The van der Waals surface area contributed by atoms with Gasteiger partial charge in [0.05, 0.1) is 24.8 Å². The summed E-state index contributed by atoms with van der Waals surface area (Å²) in [5.74, 6) is 2.37. The summed E-state index contributed by atoms with van der Waals surface area (Å²) in [4.78, 5) is 4.76. The normalized spacial score (nSPS) is 12.8. The highest BCUT2D eigenvalue weighted by atomic mass is 35.5. The number of fused-ring (bicyclic) bond motifs is 1. The highest BCUT2D eigenvalue weighted by Gasteiger charge is 2.17. The van der Waals surface area contributed by atoms with Gasteiger partial charge in [0.1, 0.15) is 17.1 Å². The Hall–Kier alpha value is -1.26. The van der Waals surface area contributed by atoms with Gasteiger partial charge in [0.25, 0.3) is 0 Å². The Morgan fingerprint density at radius 1 is 1.38 bits per heavy atom. The maximum Gasteiger partial charge on any atom is 0.147 e. The van der Waals surface area contributed by atoms with Crippen LogP contribution >= 0.6 is 11.6 Å². The zero-order valence-corrected chi connectivity index (χ0v) is 13.7. The lowest BCUT2D eigenvalue weighted by Crippen LogP contribution is -2.14. The molecular weight excluding hydrogens is 288 g/mol. The minimum absolute atomic E-state index is 0.208. The van der Waals surface area contributed by atoms with E-state index in [1.54, 1.807) is 7.11 Å². The molecule has 116 valence electrons. The first-order valence-corrected chi connectivity index (χ1v) is 7.93. The number of alkyl halides is 1. The highest BCUT2D eigenvalue weighted by Crippen LogP contribution is 2.29. The van der Waals surface area contributed by atoms with Crippen molar-refractivity contribution in [3.05, 3.63) is 24.0 Å². The van der Waals surface area contributed by atoms with E-state index < -0.39 is 0 Å². The number of hydrogen-bond donors (Lipinski definition) is 0. The number of nitrogens with zero attached hydrogens (tertiary/aromatic N) is 2. The zero-order valence-electron chi connectivity index (χ0n) is 12.9. The second kappa shape index (κ2) is 7.66. The molecule has 1 aromatic heterocycles. The van der Waals surface area contributed by atoms with Crippen molar-refractivity contribution < 1.29 is 9.47 Å². The Balaban J connectivity index is 2.50. The van der Waals surface area contributed by atoms with Crippen LogP contribution in [0, 0.1) is 0 Å². The molecule has 1 heterocycles. The van der Waals surface area contributed by atoms with E-state index in [9.17, 15) is 0 Å². The van der Waals surface area contributed by atoms with Crippen molar-refractivity contribution in [2.75, 3.05) is 26.2 Å². The molecule has 0 aliphatic carbocycles. The molecule has 0 N–H and O–H groups in total. The van der Waals surface area contributed by atoms with E-state index in [0.29, 0.717) is 19.1 Å². The molecule has 0 saturated heterocycles. The molecule has 1 aromatic carbocycles. The molecule has 21 heavy (non-hydrogen) atoms. The van der Waals surface area contributed by atoms with Crippen molar-refractivity contribution >= 4 is 22.6 Å². The van der Waals surface area contributed by atoms with Crippen molar-refractivity contribution in [3.8, 4) is 5.75 Å². The van der Waals surface area contributed by atoms with Gasteiger partial charge in [-0.25, -0.2) is 4.98 Å². The summed E-state index contributed by atoms with van der Waals surface area (Å²) in [6.45, 7) is 5.56. The van der Waals surface area contributed by atoms with Gasteiger partial charge in [0, 0.05) is 19.4 Å². The topological polar surface area (TPSA) is 36.3 Å². The van der Waals surface area contributed by atoms with Gasteiger partial charge in [-0.15, -0.1) is 11.6 Å². The SMILES string of the molecule is CCCOc1cccc2c1nc(CCCl)n2C(C)COC. The van der Waals surface area contributed by atoms with Crippen LogP contribution in [0.2, 0.25) is 0 Å². The highest BCUT2D eigenvalue weighted by molar-refractivity contribution is 6.17. The Labute approximate surface area is 131 Å². The van der Waals surface area contributed by atoms with Crippen molar-refractivity contribution in [3.63, 3.8) is 0 Å². The second-order valence-electron chi connectivity index (χ2n) is 5.11. The number of ether oxygens (including phenoxy) is 2. The average molecular weight is 311 g/mol. The van der Waals surface area contributed by atoms with E-state index in [2.05, 4.69) is 24.5 Å². The first-order valence-electron chi connectivity index (χ1n) is 7.40. The van der Waals surface area contributed by atoms with Crippen LogP contribution in [0.1, 0.15) is 32.1 Å². The van der Waals surface area contributed by atoms with Gasteiger partial charge in [-0.1, -0.05) is 13.0 Å². The summed E-state index contributed by atoms with van der Waals surface area (Å²) < 4.78 is 13.3. The molecule has 0 aliphatic heterocycles. The zero-order chi connectivity index (χ0) is 15.2. The van der Waals surface area contributed by atoms with E-state index >= 15 is 0 Å². The molecule has 2 rings (SSSR count). The summed E-state index contributed by atoms with van der Waals surface area (Å²) in [6, 6.07) is 6.26. The van der Waals surface area contributed by atoms with E-state index in [1.807, 2.05) is 12.1 Å². The van der Waals surface area contributed by atoms with Gasteiger partial charge in [-0.3, -0.25) is 0 Å². The summed E-state index contributed by atoms with van der Waals surface area (Å²) >= 11 is 5.92. The predicted molar refractivity (Wildman–Crippen MR) is 86.5 cm³/mol. The van der Waals surface area contributed by atoms with E-state index in [1.165, 1.54) is 0 Å². The van der Waals surface area contributed by atoms with E-state index in [4.69, 9.17) is 26.1 Å². The largest absolute Gasteiger partial charge is 0.491 e.